The molecule has 0 spiro atoms. The lowest BCUT2D eigenvalue weighted by molar-refractivity contribution is -0.142. The Kier molecular flexibility index (Phi) is 5.25. The number of carbonyl (C=O) groups excluding carboxylic acids is 1. The molecule has 1 amide bonds. The van der Waals surface area contributed by atoms with E-state index in [4.69, 9.17) is 17.3 Å². The molecule has 2 aromatic carbocycles. The van der Waals surface area contributed by atoms with Crippen LogP contribution in [0.5, 0.6) is 0 Å². The maximum Gasteiger partial charge on any atom is 0.239 e. The van der Waals surface area contributed by atoms with Crippen molar-refractivity contribution in [2.24, 2.45) is 0 Å². The van der Waals surface area contributed by atoms with Crippen LogP contribution in [0.2, 0.25) is 5.02 Å². The van der Waals surface area contributed by atoms with Crippen LogP contribution in [0.3, 0.4) is 0 Å². The zero-order chi connectivity index (χ0) is 21.5. The van der Waals surface area contributed by atoms with E-state index >= 15 is 0 Å². The van der Waals surface area contributed by atoms with Gasteiger partial charge >= 0.3 is 0 Å². The minimum Gasteiger partial charge on any atom is -0.383 e. The highest BCUT2D eigenvalue weighted by Crippen LogP contribution is 2.30. The van der Waals surface area contributed by atoms with Crippen molar-refractivity contribution in [2.75, 3.05) is 18.8 Å². The molecule has 31 heavy (non-hydrogen) atoms. The summed E-state index contributed by atoms with van der Waals surface area (Å²) in [6.07, 6.45) is 1.47. The number of benzene rings is 2. The smallest absolute Gasteiger partial charge is 0.239 e. The zero-order valence-corrected chi connectivity index (χ0v) is 18.7. The number of piperazine rings is 1. The van der Waals surface area contributed by atoms with Crippen molar-refractivity contribution in [1.29, 1.82) is 0 Å². The summed E-state index contributed by atoms with van der Waals surface area (Å²) < 4.78 is 1.22. The van der Waals surface area contributed by atoms with Gasteiger partial charge in [-0.1, -0.05) is 17.7 Å². The van der Waals surface area contributed by atoms with Crippen molar-refractivity contribution in [1.82, 2.24) is 19.8 Å². The Morgan fingerprint density at radius 2 is 2.00 bits per heavy atom. The van der Waals surface area contributed by atoms with E-state index in [0.29, 0.717) is 18.9 Å². The van der Waals surface area contributed by atoms with Crippen LogP contribution in [0, 0.1) is 0 Å². The number of nitrogens with two attached hydrogens (primary N) is 1. The molecule has 1 aliphatic rings. The topological polar surface area (TPSA) is 75.3 Å². The van der Waals surface area contributed by atoms with E-state index < -0.39 is 0 Å². The summed E-state index contributed by atoms with van der Waals surface area (Å²) in [7, 11) is 0. The summed E-state index contributed by atoms with van der Waals surface area (Å²) >= 11 is 7.88. The van der Waals surface area contributed by atoms with Crippen LogP contribution in [-0.4, -0.2) is 44.8 Å². The van der Waals surface area contributed by atoms with Crippen molar-refractivity contribution < 1.29 is 4.79 Å². The number of carbonyl (C=O) groups is 1. The molecule has 0 bridgehead atoms. The number of amides is 1. The number of rotatable bonds is 4. The number of nitrogen functional groups attached to an aromatic ring is 1. The number of anilines is 1. The fraction of sp³-hybridized carbons (Fsp3) is 0.261. The lowest BCUT2D eigenvalue weighted by Crippen LogP contribution is -2.54. The number of aromatic nitrogens is 2. The molecule has 1 aliphatic heterocycles. The molecule has 8 heteroatoms. The van der Waals surface area contributed by atoms with Crippen LogP contribution < -0.4 is 5.73 Å². The second kappa shape index (κ2) is 8.07. The maximum atomic E-state index is 13.1. The van der Waals surface area contributed by atoms with Crippen molar-refractivity contribution in [3.63, 3.8) is 0 Å². The van der Waals surface area contributed by atoms with Gasteiger partial charge < -0.3 is 10.6 Å². The molecule has 2 N–H and O–H groups in total. The highest BCUT2D eigenvalue weighted by Gasteiger charge is 2.31. The molecule has 6 nitrogen and oxygen atoms in total. The van der Waals surface area contributed by atoms with Crippen LogP contribution >= 0.6 is 22.9 Å². The zero-order valence-electron chi connectivity index (χ0n) is 17.1. The third kappa shape index (κ3) is 3.96. The lowest BCUT2D eigenvalue weighted by atomic mass is 10.1. The van der Waals surface area contributed by atoms with Gasteiger partial charge in [0.15, 0.2) is 0 Å². The predicted molar refractivity (Wildman–Crippen MR) is 126 cm³/mol. The summed E-state index contributed by atoms with van der Waals surface area (Å²) in [5, 5.41) is 2.74. The monoisotopic (exact) mass is 451 g/mol. The fourth-order valence-corrected chi connectivity index (χ4v) is 5.39. The average Bonchev–Trinajstić information content (AvgIpc) is 3.15. The van der Waals surface area contributed by atoms with Crippen LogP contribution in [-0.2, 0) is 17.9 Å². The highest BCUT2D eigenvalue weighted by molar-refractivity contribution is 7.19. The summed E-state index contributed by atoms with van der Waals surface area (Å²) in [4.78, 5) is 26.8. The minimum atomic E-state index is -0.166. The summed E-state index contributed by atoms with van der Waals surface area (Å²) in [5.41, 5.74) is 7.76. The average molecular weight is 452 g/mol. The van der Waals surface area contributed by atoms with Gasteiger partial charge in [-0.2, -0.15) is 0 Å². The van der Waals surface area contributed by atoms with Gasteiger partial charge in [0.2, 0.25) is 5.91 Å². The van der Waals surface area contributed by atoms with Crippen LogP contribution in [0.4, 0.5) is 5.82 Å². The summed E-state index contributed by atoms with van der Waals surface area (Å²) in [6, 6.07) is 13.9. The van der Waals surface area contributed by atoms with Gasteiger partial charge in [-0.05, 0) is 54.3 Å². The van der Waals surface area contributed by atoms with E-state index in [1.807, 2.05) is 42.2 Å². The van der Waals surface area contributed by atoms with Crippen molar-refractivity contribution in [2.45, 2.75) is 26.1 Å². The molecule has 4 aromatic rings. The normalized spacial score (nSPS) is 17.7. The number of fused-ring (bicyclic) bond motifs is 2. The molecule has 2 aromatic heterocycles. The first-order valence-electron chi connectivity index (χ1n) is 10.2. The van der Waals surface area contributed by atoms with Gasteiger partial charge in [-0.25, -0.2) is 9.97 Å². The number of thiophene rings is 1. The summed E-state index contributed by atoms with van der Waals surface area (Å²) in [6.45, 7) is 4.86. The number of hydrogen-bond acceptors (Lipinski definition) is 6. The molecule has 0 unspecified atom stereocenters. The lowest BCUT2D eigenvalue weighted by Gasteiger charge is -2.39. The largest absolute Gasteiger partial charge is 0.383 e. The number of halogens is 1. The molecule has 1 fully saturated rings. The van der Waals surface area contributed by atoms with E-state index in [1.54, 1.807) is 11.3 Å². The van der Waals surface area contributed by atoms with Gasteiger partial charge in [-0.3, -0.25) is 9.69 Å². The molecule has 1 atom stereocenters. The molecule has 0 aliphatic carbocycles. The second-order valence-electron chi connectivity index (χ2n) is 7.91. The van der Waals surface area contributed by atoms with Crippen LogP contribution in [0.25, 0.3) is 21.0 Å². The van der Waals surface area contributed by atoms with E-state index in [2.05, 4.69) is 27.0 Å². The standard InChI is InChI=1S/C23H22ClN5OS/c1-14-23(30)29(11-15-2-4-19-20(8-15)26-13-27-22(19)25)7-6-28(14)12-18-10-16-9-17(24)3-5-21(16)31-18/h2-5,8-10,13-14H,6-7,11-12H2,1H3,(H2,25,26,27)/t14-/m0/s1. The SMILES string of the molecule is C[C@H]1C(=O)N(Cc2ccc3c(N)ncnc3c2)CCN1Cc1cc2cc(Cl)ccc2s1. The van der Waals surface area contributed by atoms with E-state index in [-0.39, 0.29) is 11.9 Å². The quantitative estimate of drug-likeness (QED) is 0.500. The van der Waals surface area contributed by atoms with E-state index in [0.717, 1.165) is 40.0 Å². The van der Waals surface area contributed by atoms with Crippen LogP contribution in [0.1, 0.15) is 17.4 Å². The highest BCUT2D eigenvalue weighted by atomic mass is 35.5. The molecular weight excluding hydrogens is 430 g/mol. The first-order chi connectivity index (χ1) is 15.0. The molecule has 3 heterocycles. The fourth-order valence-electron chi connectivity index (χ4n) is 4.14. The third-order valence-electron chi connectivity index (χ3n) is 5.87. The molecule has 158 valence electrons. The van der Waals surface area contributed by atoms with Crippen molar-refractivity contribution in [3.05, 3.63) is 64.3 Å². The number of nitrogens with zero attached hydrogens (tertiary/aromatic N) is 4. The minimum absolute atomic E-state index is 0.151. The van der Waals surface area contributed by atoms with Crippen LogP contribution in [0.15, 0.2) is 48.8 Å². The molecule has 5 rings (SSSR count). The first kappa shape index (κ1) is 20.2. The van der Waals surface area contributed by atoms with E-state index in [1.165, 1.54) is 15.9 Å². The molecular formula is C23H22ClN5OS. The summed E-state index contributed by atoms with van der Waals surface area (Å²) in [5.74, 6) is 0.621. The van der Waals surface area contributed by atoms with Gasteiger partial charge in [0, 0.05) is 46.2 Å². The molecule has 0 saturated carbocycles. The van der Waals surface area contributed by atoms with Gasteiger partial charge in [-0.15, -0.1) is 11.3 Å². The van der Waals surface area contributed by atoms with Crippen molar-refractivity contribution in [3.8, 4) is 0 Å². The maximum absolute atomic E-state index is 13.1. The second-order valence-corrected chi connectivity index (χ2v) is 9.52. The molecule has 0 radical (unpaired) electrons. The Morgan fingerprint density at radius 1 is 1.13 bits per heavy atom. The van der Waals surface area contributed by atoms with Gasteiger partial charge in [0.05, 0.1) is 11.6 Å². The van der Waals surface area contributed by atoms with E-state index in [9.17, 15) is 4.79 Å². The van der Waals surface area contributed by atoms with Gasteiger partial charge in [0.25, 0.3) is 0 Å². The Morgan fingerprint density at radius 3 is 2.87 bits per heavy atom. The Bertz CT molecular complexity index is 1290. The van der Waals surface area contributed by atoms with Crippen molar-refractivity contribution >= 4 is 55.7 Å². The Hall–Kier alpha value is -2.74. The van der Waals surface area contributed by atoms with Gasteiger partial charge in [0.1, 0.15) is 12.1 Å². The Labute approximate surface area is 189 Å². The number of hydrogen-bond donors (Lipinski definition) is 1. The molecule has 1 saturated heterocycles. The Balaban J connectivity index is 1.28. The first-order valence-corrected chi connectivity index (χ1v) is 11.4. The predicted octanol–water partition coefficient (Wildman–Crippen LogP) is 4.31. The third-order valence-corrected chi connectivity index (χ3v) is 7.20.